The van der Waals surface area contributed by atoms with Gasteiger partial charge in [0.25, 0.3) is 0 Å². The summed E-state index contributed by atoms with van der Waals surface area (Å²) < 4.78 is 57.7. The van der Waals surface area contributed by atoms with E-state index in [9.17, 15) is 36.3 Å². The second-order valence-electron chi connectivity index (χ2n) is 8.90. The Bertz CT molecular complexity index is 1080. The maximum absolute atomic E-state index is 12.6. The van der Waals surface area contributed by atoms with Crippen LogP contribution in [0.25, 0.3) is 0 Å². The SMILES string of the molecule is CCS(=O)(=O)Nc1ccc(N2CCN(CC(=O)N3CCCCCC3)CC2)cc1C(=O)O.O=C(O)C(F)(F)F. The summed E-state index contributed by atoms with van der Waals surface area (Å²) in [4.78, 5) is 39.4. The molecule has 0 atom stereocenters. The molecule has 0 unspecified atom stereocenters. The first kappa shape index (κ1) is 31.1. The summed E-state index contributed by atoms with van der Waals surface area (Å²) in [5, 5.41) is 16.7. The van der Waals surface area contributed by atoms with Gasteiger partial charge in [-0.2, -0.15) is 13.2 Å². The second kappa shape index (κ2) is 13.6. The molecular formula is C23H33F3N4O7S. The van der Waals surface area contributed by atoms with Crippen LogP contribution >= 0.6 is 0 Å². The monoisotopic (exact) mass is 566 g/mol. The number of amides is 1. The van der Waals surface area contributed by atoms with E-state index in [0.29, 0.717) is 32.7 Å². The number of carboxylic acids is 2. The zero-order valence-corrected chi connectivity index (χ0v) is 21.9. The molecule has 0 aromatic heterocycles. The topological polar surface area (TPSA) is 148 Å². The maximum atomic E-state index is 12.6. The van der Waals surface area contributed by atoms with Crippen LogP contribution in [0.2, 0.25) is 0 Å². The molecular weight excluding hydrogens is 533 g/mol. The summed E-state index contributed by atoms with van der Waals surface area (Å²) in [7, 11) is -3.57. The number of carbonyl (C=O) groups is 3. The number of anilines is 2. The lowest BCUT2D eigenvalue weighted by molar-refractivity contribution is -0.192. The van der Waals surface area contributed by atoms with Crippen molar-refractivity contribution in [2.24, 2.45) is 0 Å². The standard InChI is InChI=1S/C21H32N4O5S.C2HF3O2/c1-2-31(29,30)22-19-8-7-17(15-18(19)21(27)28)24-13-11-23(12-14-24)16-20(26)25-9-5-3-4-6-10-25;3-2(4,5)1(6)7/h7-8,15,22H,2-6,9-14,16H2,1H3,(H,27,28);(H,6,7). The fourth-order valence-electron chi connectivity index (χ4n) is 4.01. The van der Waals surface area contributed by atoms with Crippen LogP contribution in [0.1, 0.15) is 43.0 Å². The van der Waals surface area contributed by atoms with Crippen molar-refractivity contribution in [3.05, 3.63) is 23.8 Å². The van der Waals surface area contributed by atoms with Gasteiger partial charge >= 0.3 is 18.1 Å². The van der Waals surface area contributed by atoms with Crippen molar-refractivity contribution in [2.45, 2.75) is 38.8 Å². The number of nitrogens with zero attached hydrogens (tertiary/aromatic N) is 3. The number of carbonyl (C=O) groups excluding carboxylic acids is 1. The lowest BCUT2D eigenvalue weighted by Crippen LogP contribution is -2.50. The average Bonchev–Trinajstić information content (AvgIpc) is 3.14. The minimum Gasteiger partial charge on any atom is -0.478 e. The Balaban J connectivity index is 0.000000638. The number of piperazine rings is 1. The molecule has 3 rings (SSSR count). The molecule has 1 aromatic rings. The van der Waals surface area contributed by atoms with Gasteiger partial charge in [0.15, 0.2) is 0 Å². The molecule has 2 saturated heterocycles. The highest BCUT2D eigenvalue weighted by atomic mass is 32.2. The lowest BCUT2D eigenvalue weighted by Gasteiger charge is -2.36. The average molecular weight is 567 g/mol. The smallest absolute Gasteiger partial charge is 0.478 e. The molecule has 1 aromatic carbocycles. The van der Waals surface area contributed by atoms with Crippen molar-refractivity contribution in [2.75, 3.05) is 61.2 Å². The van der Waals surface area contributed by atoms with Gasteiger partial charge in [0.2, 0.25) is 15.9 Å². The van der Waals surface area contributed by atoms with Gasteiger partial charge in [-0.05, 0) is 38.0 Å². The van der Waals surface area contributed by atoms with Crippen molar-refractivity contribution in [3.8, 4) is 0 Å². The molecule has 1 amide bonds. The fraction of sp³-hybridized carbons (Fsp3) is 0.609. The number of nitrogens with one attached hydrogen (secondary N) is 1. The van der Waals surface area contributed by atoms with Crippen LogP contribution in [0.15, 0.2) is 18.2 Å². The number of aromatic carboxylic acids is 1. The number of halogens is 3. The van der Waals surface area contributed by atoms with Crippen LogP contribution in [0.3, 0.4) is 0 Å². The summed E-state index contributed by atoms with van der Waals surface area (Å²) in [6.07, 6.45) is -0.537. The zero-order chi connectivity index (χ0) is 28.5. The predicted molar refractivity (Wildman–Crippen MR) is 134 cm³/mol. The second-order valence-corrected chi connectivity index (χ2v) is 10.9. The lowest BCUT2D eigenvalue weighted by atomic mass is 10.1. The van der Waals surface area contributed by atoms with E-state index in [1.807, 2.05) is 4.90 Å². The maximum Gasteiger partial charge on any atom is 0.490 e. The Morgan fingerprint density at radius 3 is 1.97 bits per heavy atom. The fourth-order valence-corrected chi connectivity index (χ4v) is 4.67. The summed E-state index contributed by atoms with van der Waals surface area (Å²) >= 11 is 0. The molecule has 2 heterocycles. The van der Waals surface area contributed by atoms with E-state index < -0.39 is 28.1 Å². The van der Waals surface area contributed by atoms with E-state index in [1.165, 1.54) is 31.9 Å². The van der Waals surface area contributed by atoms with Crippen molar-refractivity contribution < 1.29 is 46.2 Å². The molecule has 2 aliphatic rings. The third-order valence-electron chi connectivity index (χ3n) is 6.18. The van der Waals surface area contributed by atoms with E-state index in [4.69, 9.17) is 9.90 Å². The molecule has 11 nitrogen and oxygen atoms in total. The number of aliphatic carboxylic acids is 1. The molecule has 0 saturated carbocycles. The number of hydrogen-bond acceptors (Lipinski definition) is 7. The number of sulfonamides is 1. The number of carboxylic acid groups (broad SMARTS) is 2. The van der Waals surface area contributed by atoms with Crippen molar-refractivity contribution in [1.82, 2.24) is 9.80 Å². The summed E-state index contributed by atoms with van der Waals surface area (Å²) in [6.45, 7) is 6.40. The van der Waals surface area contributed by atoms with Gasteiger partial charge in [0.1, 0.15) is 0 Å². The first-order chi connectivity index (χ1) is 17.7. The van der Waals surface area contributed by atoms with Gasteiger partial charge < -0.3 is 20.0 Å². The highest BCUT2D eigenvalue weighted by Crippen LogP contribution is 2.25. The van der Waals surface area contributed by atoms with E-state index >= 15 is 0 Å². The van der Waals surface area contributed by atoms with Gasteiger partial charge in [-0.15, -0.1) is 0 Å². The summed E-state index contributed by atoms with van der Waals surface area (Å²) in [6, 6.07) is 4.74. The van der Waals surface area contributed by atoms with Crippen molar-refractivity contribution in [3.63, 3.8) is 0 Å². The van der Waals surface area contributed by atoms with E-state index in [0.717, 1.165) is 31.6 Å². The minimum atomic E-state index is -5.08. The van der Waals surface area contributed by atoms with E-state index in [2.05, 4.69) is 14.5 Å². The van der Waals surface area contributed by atoms with Gasteiger partial charge in [-0.1, -0.05) is 12.8 Å². The van der Waals surface area contributed by atoms with Crippen molar-refractivity contribution in [1.29, 1.82) is 0 Å². The molecule has 0 bridgehead atoms. The minimum absolute atomic E-state index is 0.0692. The zero-order valence-electron chi connectivity index (χ0n) is 21.0. The quantitative estimate of drug-likeness (QED) is 0.452. The summed E-state index contributed by atoms with van der Waals surface area (Å²) in [5.74, 6) is -3.88. The van der Waals surface area contributed by atoms with Crippen LogP contribution < -0.4 is 9.62 Å². The van der Waals surface area contributed by atoms with Crippen LogP contribution in [-0.2, 0) is 19.6 Å². The van der Waals surface area contributed by atoms with Crippen LogP contribution in [0.5, 0.6) is 0 Å². The van der Waals surface area contributed by atoms with Gasteiger partial charge in [0.05, 0.1) is 23.5 Å². The van der Waals surface area contributed by atoms with Crippen LogP contribution in [0, 0.1) is 0 Å². The van der Waals surface area contributed by atoms with Crippen LogP contribution in [-0.4, -0.2) is 104 Å². The Morgan fingerprint density at radius 2 is 1.50 bits per heavy atom. The normalized spacial score (nSPS) is 17.2. The molecule has 2 fully saturated rings. The Hall–Kier alpha value is -3.07. The van der Waals surface area contributed by atoms with Crippen molar-refractivity contribution >= 4 is 39.2 Å². The molecule has 3 N–H and O–H groups in total. The molecule has 0 radical (unpaired) electrons. The van der Waals surface area contributed by atoms with Gasteiger partial charge in [-0.25, -0.2) is 18.0 Å². The third-order valence-corrected chi connectivity index (χ3v) is 7.47. The van der Waals surface area contributed by atoms with Gasteiger partial charge in [0, 0.05) is 45.0 Å². The number of alkyl halides is 3. The van der Waals surface area contributed by atoms with E-state index in [-0.39, 0.29) is 22.9 Å². The van der Waals surface area contributed by atoms with Crippen LogP contribution in [0.4, 0.5) is 24.5 Å². The summed E-state index contributed by atoms with van der Waals surface area (Å²) in [5.41, 5.74) is 0.725. The number of rotatable bonds is 7. The first-order valence-corrected chi connectivity index (χ1v) is 13.8. The number of likely N-dealkylation sites (tertiary alicyclic amines) is 1. The molecule has 2 aliphatic heterocycles. The molecule has 0 aliphatic carbocycles. The molecule has 214 valence electrons. The van der Waals surface area contributed by atoms with Gasteiger partial charge in [-0.3, -0.25) is 14.4 Å². The highest BCUT2D eigenvalue weighted by molar-refractivity contribution is 7.92. The Morgan fingerprint density at radius 1 is 0.947 bits per heavy atom. The third kappa shape index (κ3) is 9.67. The number of hydrogen-bond donors (Lipinski definition) is 3. The highest BCUT2D eigenvalue weighted by Gasteiger charge is 2.38. The number of benzene rings is 1. The predicted octanol–water partition coefficient (Wildman–Crippen LogP) is 2.30. The Labute approximate surface area is 219 Å². The molecule has 38 heavy (non-hydrogen) atoms. The Kier molecular flexibility index (Phi) is 11.2. The first-order valence-electron chi connectivity index (χ1n) is 12.2. The molecule has 15 heteroatoms. The largest absolute Gasteiger partial charge is 0.490 e. The molecule has 0 spiro atoms. The van der Waals surface area contributed by atoms with E-state index in [1.54, 1.807) is 6.07 Å².